The first-order chi connectivity index (χ1) is 7.68. The second kappa shape index (κ2) is 4.19. The number of hydrogen-bond acceptors (Lipinski definition) is 1. The molecular weight excluding hydrogens is 198 g/mol. The van der Waals surface area contributed by atoms with E-state index in [9.17, 15) is 4.79 Å². The molecule has 0 fully saturated rings. The van der Waals surface area contributed by atoms with Gasteiger partial charge in [-0.05, 0) is 35.7 Å². The third-order valence-electron chi connectivity index (χ3n) is 2.60. The van der Waals surface area contributed by atoms with E-state index in [2.05, 4.69) is 0 Å². The van der Waals surface area contributed by atoms with E-state index in [4.69, 9.17) is 5.73 Å². The Morgan fingerprint density at radius 2 is 1.81 bits per heavy atom. The summed E-state index contributed by atoms with van der Waals surface area (Å²) in [4.78, 5) is 11.1. The van der Waals surface area contributed by atoms with Gasteiger partial charge in [0.15, 0.2) is 0 Å². The maximum absolute atomic E-state index is 11.1. The van der Waals surface area contributed by atoms with Gasteiger partial charge < -0.3 is 5.73 Å². The quantitative estimate of drug-likeness (QED) is 0.815. The highest BCUT2D eigenvalue weighted by molar-refractivity contribution is 5.94. The molecule has 0 aliphatic carbocycles. The van der Waals surface area contributed by atoms with Crippen LogP contribution in [0.4, 0.5) is 0 Å². The summed E-state index contributed by atoms with van der Waals surface area (Å²) < 4.78 is 0. The molecule has 0 aliphatic rings. The Morgan fingerprint density at radius 3 is 2.50 bits per heavy atom. The van der Waals surface area contributed by atoms with Crippen LogP contribution < -0.4 is 5.73 Å². The summed E-state index contributed by atoms with van der Waals surface area (Å²) in [6, 6.07) is 15.4. The molecule has 0 aliphatic heterocycles. The van der Waals surface area contributed by atoms with Gasteiger partial charge in [-0.3, -0.25) is 4.79 Å². The molecule has 2 heteroatoms. The van der Waals surface area contributed by atoms with E-state index in [1.807, 2.05) is 49.4 Å². The molecule has 0 saturated heterocycles. The fraction of sp³-hybridized carbons (Fsp3) is 0.0714. The van der Waals surface area contributed by atoms with Crippen LogP contribution in [0.5, 0.6) is 0 Å². The van der Waals surface area contributed by atoms with Gasteiger partial charge in [-0.25, -0.2) is 0 Å². The highest BCUT2D eigenvalue weighted by Gasteiger charge is 2.04. The van der Waals surface area contributed by atoms with E-state index in [1.165, 1.54) is 5.56 Å². The van der Waals surface area contributed by atoms with Crippen molar-refractivity contribution in [2.24, 2.45) is 5.73 Å². The minimum Gasteiger partial charge on any atom is -0.366 e. The summed E-state index contributed by atoms with van der Waals surface area (Å²) >= 11 is 0. The maximum Gasteiger partial charge on any atom is 0.248 e. The van der Waals surface area contributed by atoms with Crippen LogP contribution in [0.15, 0.2) is 48.5 Å². The zero-order valence-corrected chi connectivity index (χ0v) is 9.10. The van der Waals surface area contributed by atoms with Crippen molar-refractivity contribution in [3.05, 3.63) is 59.7 Å². The molecule has 0 unspecified atom stereocenters. The summed E-state index contributed by atoms with van der Waals surface area (Å²) in [5, 5.41) is 0. The lowest BCUT2D eigenvalue weighted by Gasteiger charge is -2.06. The molecular formula is C14H13NO. The molecule has 16 heavy (non-hydrogen) atoms. The lowest BCUT2D eigenvalue weighted by molar-refractivity contribution is 0.100. The van der Waals surface area contributed by atoms with Gasteiger partial charge in [0.05, 0.1) is 0 Å². The van der Waals surface area contributed by atoms with Crippen molar-refractivity contribution in [1.82, 2.24) is 0 Å². The monoisotopic (exact) mass is 211 g/mol. The number of carbonyl (C=O) groups is 1. The molecule has 2 N–H and O–H groups in total. The Bertz CT molecular complexity index is 532. The van der Waals surface area contributed by atoms with Crippen LogP contribution in [0, 0.1) is 6.92 Å². The number of nitrogens with two attached hydrogens (primary N) is 1. The Hall–Kier alpha value is -2.09. The van der Waals surface area contributed by atoms with E-state index >= 15 is 0 Å². The van der Waals surface area contributed by atoms with E-state index < -0.39 is 5.91 Å². The number of hydrogen-bond donors (Lipinski definition) is 1. The highest BCUT2D eigenvalue weighted by atomic mass is 16.1. The summed E-state index contributed by atoms with van der Waals surface area (Å²) in [7, 11) is 0. The lowest BCUT2D eigenvalue weighted by Crippen LogP contribution is -2.10. The average molecular weight is 211 g/mol. The maximum atomic E-state index is 11.1. The van der Waals surface area contributed by atoms with Gasteiger partial charge in [0, 0.05) is 5.56 Å². The van der Waals surface area contributed by atoms with Crippen LogP contribution in [-0.4, -0.2) is 5.91 Å². The van der Waals surface area contributed by atoms with Gasteiger partial charge in [-0.15, -0.1) is 0 Å². The second-order valence-corrected chi connectivity index (χ2v) is 3.76. The van der Waals surface area contributed by atoms with Crippen molar-refractivity contribution in [2.75, 3.05) is 0 Å². The molecule has 2 aromatic rings. The van der Waals surface area contributed by atoms with Crippen molar-refractivity contribution < 1.29 is 4.79 Å². The first-order valence-corrected chi connectivity index (χ1v) is 5.14. The minimum absolute atomic E-state index is 0.393. The topological polar surface area (TPSA) is 43.1 Å². The number of rotatable bonds is 2. The summed E-state index contributed by atoms with van der Waals surface area (Å²) in [5.74, 6) is -0.393. The smallest absolute Gasteiger partial charge is 0.248 e. The molecule has 2 aromatic carbocycles. The predicted octanol–water partition coefficient (Wildman–Crippen LogP) is 2.76. The van der Waals surface area contributed by atoms with E-state index in [0.29, 0.717) is 5.56 Å². The fourth-order valence-corrected chi connectivity index (χ4v) is 1.74. The third-order valence-corrected chi connectivity index (χ3v) is 2.60. The van der Waals surface area contributed by atoms with E-state index in [-0.39, 0.29) is 0 Å². The Balaban J connectivity index is 2.53. The van der Waals surface area contributed by atoms with Gasteiger partial charge >= 0.3 is 0 Å². The molecule has 80 valence electrons. The second-order valence-electron chi connectivity index (χ2n) is 3.76. The van der Waals surface area contributed by atoms with Gasteiger partial charge in [0.1, 0.15) is 0 Å². The van der Waals surface area contributed by atoms with E-state index in [1.54, 1.807) is 6.07 Å². The molecule has 2 rings (SSSR count). The standard InChI is InChI=1S/C14H13NO/c1-10-5-2-3-8-13(10)11-6-4-7-12(9-11)14(15)16/h2-9H,1H3,(H2,15,16). The van der Waals surface area contributed by atoms with Crippen LogP contribution in [0.25, 0.3) is 11.1 Å². The third kappa shape index (κ3) is 1.96. The number of primary amides is 1. The Morgan fingerprint density at radius 1 is 1.06 bits per heavy atom. The molecule has 0 spiro atoms. The van der Waals surface area contributed by atoms with E-state index in [0.717, 1.165) is 11.1 Å². The Kier molecular flexibility index (Phi) is 2.73. The molecule has 0 aromatic heterocycles. The first kappa shape index (κ1) is 10.4. The zero-order chi connectivity index (χ0) is 11.5. The zero-order valence-electron chi connectivity index (χ0n) is 9.10. The van der Waals surface area contributed by atoms with Crippen molar-refractivity contribution >= 4 is 5.91 Å². The van der Waals surface area contributed by atoms with Gasteiger partial charge in [-0.1, -0.05) is 36.4 Å². The average Bonchev–Trinajstić information content (AvgIpc) is 2.30. The molecule has 2 nitrogen and oxygen atoms in total. The van der Waals surface area contributed by atoms with Crippen LogP contribution in [-0.2, 0) is 0 Å². The van der Waals surface area contributed by atoms with Crippen LogP contribution in [0.2, 0.25) is 0 Å². The number of aryl methyl sites for hydroxylation is 1. The predicted molar refractivity (Wildman–Crippen MR) is 65.1 cm³/mol. The van der Waals surface area contributed by atoms with Crippen molar-refractivity contribution in [3.63, 3.8) is 0 Å². The fourth-order valence-electron chi connectivity index (χ4n) is 1.74. The molecule has 0 saturated carbocycles. The number of benzene rings is 2. The summed E-state index contributed by atoms with van der Waals surface area (Å²) in [6.07, 6.45) is 0. The molecule has 0 heterocycles. The van der Waals surface area contributed by atoms with Gasteiger partial charge in [-0.2, -0.15) is 0 Å². The number of carbonyl (C=O) groups excluding carboxylic acids is 1. The normalized spacial score (nSPS) is 10.1. The van der Waals surface area contributed by atoms with Crippen molar-refractivity contribution in [2.45, 2.75) is 6.92 Å². The largest absolute Gasteiger partial charge is 0.366 e. The molecule has 1 amide bonds. The Labute approximate surface area is 94.7 Å². The van der Waals surface area contributed by atoms with Gasteiger partial charge in [0.2, 0.25) is 5.91 Å². The summed E-state index contributed by atoms with van der Waals surface area (Å²) in [5.41, 5.74) is 9.14. The number of amides is 1. The SMILES string of the molecule is Cc1ccccc1-c1cccc(C(N)=O)c1. The minimum atomic E-state index is -0.393. The molecule has 0 radical (unpaired) electrons. The van der Waals surface area contributed by atoms with Crippen molar-refractivity contribution in [3.8, 4) is 11.1 Å². The van der Waals surface area contributed by atoms with Crippen LogP contribution in [0.1, 0.15) is 15.9 Å². The van der Waals surface area contributed by atoms with Crippen LogP contribution in [0.3, 0.4) is 0 Å². The summed E-state index contributed by atoms with van der Waals surface area (Å²) in [6.45, 7) is 2.05. The van der Waals surface area contributed by atoms with Crippen LogP contribution >= 0.6 is 0 Å². The first-order valence-electron chi connectivity index (χ1n) is 5.14. The highest BCUT2D eigenvalue weighted by Crippen LogP contribution is 2.23. The lowest BCUT2D eigenvalue weighted by atomic mass is 9.99. The van der Waals surface area contributed by atoms with Gasteiger partial charge in [0.25, 0.3) is 0 Å². The molecule has 0 bridgehead atoms. The molecule has 0 atom stereocenters. The van der Waals surface area contributed by atoms with Crippen molar-refractivity contribution in [1.29, 1.82) is 0 Å².